The fourth-order valence-corrected chi connectivity index (χ4v) is 1.63. The SMILES string of the molecule is O=C(N/N=C\c1ccncc1)C(=O)Nc1cccc(C(F)(F)F)c1. The van der Waals surface area contributed by atoms with Crippen LogP contribution in [-0.2, 0) is 15.8 Å². The second kappa shape index (κ2) is 7.36. The Balaban J connectivity index is 1.95. The average Bonchev–Trinajstić information content (AvgIpc) is 2.55. The Kier molecular flexibility index (Phi) is 5.25. The normalized spacial score (nSPS) is 11.3. The molecule has 24 heavy (non-hydrogen) atoms. The molecule has 0 unspecified atom stereocenters. The van der Waals surface area contributed by atoms with Crippen LogP contribution in [0.4, 0.5) is 18.9 Å². The van der Waals surface area contributed by atoms with Crippen LogP contribution in [0.5, 0.6) is 0 Å². The number of halogens is 3. The fourth-order valence-electron chi connectivity index (χ4n) is 1.63. The Bertz CT molecular complexity index is 761. The van der Waals surface area contributed by atoms with Gasteiger partial charge in [0.2, 0.25) is 0 Å². The highest BCUT2D eigenvalue weighted by atomic mass is 19.4. The van der Waals surface area contributed by atoms with Crippen molar-refractivity contribution in [1.29, 1.82) is 0 Å². The van der Waals surface area contributed by atoms with E-state index in [4.69, 9.17) is 0 Å². The summed E-state index contributed by atoms with van der Waals surface area (Å²) in [6, 6.07) is 7.19. The quantitative estimate of drug-likeness (QED) is 0.512. The lowest BCUT2D eigenvalue weighted by molar-refractivity contribution is -0.137. The van der Waals surface area contributed by atoms with Crippen LogP contribution in [0.25, 0.3) is 0 Å². The van der Waals surface area contributed by atoms with Crippen LogP contribution in [-0.4, -0.2) is 23.0 Å². The molecule has 6 nitrogen and oxygen atoms in total. The highest BCUT2D eigenvalue weighted by molar-refractivity contribution is 6.39. The molecule has 0 aliphatic carbocycles. The number of anilines is 1. The number of benzene rings is 1. The first-order chi connectivity index (χ1) is 11.4. The number of carbonyl (C=O) groups excluding carboxylic acids is 2. The van der Waals surface area contributed by atoms with E-state index in [1.54, 1.807) is 12.1 Å². The number of carbonyl (C=O) groups is 2. The highest BCUT2D eigenvalue weighted by Gasteiger charge is 2.30. The molecule has 1 aromatic carbocycles. The van der Waals surface area contributed by atoms with Gasteiger partial charge in [-0.2, -0.15) is 18.3 Å². The summed E-state index contributed by atoms with van der Waals surface area (Å²) in [7, 11) is 0. The van der Waals surface area contributed by atoms with Gasteiger partial charge in [0.05, 0.1) is 11.8 Å². The van der Waals surface area contributed by atoms with Crippen LogP contribution in [0.3, 0.4) is 0 Å². The molecule has 1 heterocycles. The molecule has 0 radical (unpaired) electrons. The van der Waals surface area contributed by atoms with Gasteiger partial charge in [-0.05, 0) is 35.9 Å². The van der Waals surface area contributed by atoms with Crippen LogP contribution < -0.4 is 10.7 Å². The van der Waals surface area contributed by atoms with Crippen molar-refractivity contribution in [3.8, 4) is 0 Å². The maximum Gasteiger partial charge on any atom is 0.416 e. The predicted molar refractivity (Wildman–Crippen MR) is 80.0 cm³/mol. The minimum absolute atomic E-state index is 0.150. The van der Waals surface area contributed by atoms with E-state index in [1.807, 2.05) is 5.43 Å². The van der Waals surface area contributed by atoms with Crippen LogP contribution >= 0.6 is 0 Å². The monoisotopic (exact) mass is 336 g/mol. The Morgan fingerprint density at radius 1 is 1.08 bits per heavy atom. The standard InChI is InChI=1S/C15H11F3N4O2/c16-15(17,18)11-2-1-3-12(8-11)21-13(23)14(24)22-20-9-10-4-6-19-7-5-10/h1-9H,(H,21,23)(H,22,24)/b20-9-. The maximum atomic E-state index is 12.6. The molecule has 0 fully saturated rings. The van der Waals surface area contributed by atoms with Crippen molar-refractivity contribution < 1.29 is 22.8 Å². The van der Waals surface area contributed by atoms with Gasteiger partial charge in [0.1, 0.15) is 0 Å². The van der Waals surface area contributed by atoms with Gasteiger partial charge in [0, 0.05) is 18.1 Å². The molecular formula is C15H11F3N4O2. The smallest absolute Gasteiger partial charge is 0.318 e. The summed E-state index contributed by atoms with van der Waals surface area (Å²) in [4.78, 5) is 27.0. The molecule has 2 aromatic rings. The van der Waals surface area contributed by atoms with Gasteiger partial charge in [0.15, 0.2) is 0 Å². The first-order valence-corrected chi connectivity index (χ1v) is 6.58. The van der Waals surface area contributed by atoms with Gasteiger partial charge in [-0.15, -0.1) is 0 Å². The van der Waals surface area contributed by atoms with E-state index in [9.17, 15) is 22.8 Å². The lowest BCUT2D eigenvalue weighted by atomic mass is 10.2. The zero-order chi connectivity index (χ0) is 17.6. The van der Waals surface area contributed by atoms with Crippen molar-refractivity contribution >= 4 is 23.7 Å². The lowest BCUT2D eigenvalue weighted by Gasteiger charge is -2.09. The molecule has 2 amide bonds. The number of hydrogen-bond acceptors (Lipinski definition) is 4. The number of nitrogens with one attached hydrogen (secondary N) is 2. The molecule has 1 aromatic heterocycles. The molecule has 0 saturated carbocycles. The molecule has 9 heteroatoms. The minimum Gasteiger partial charge on any atom is -0.318 e. The number of alkyl halides is 3. The van der Waals surface area contributed by atoms with E-state index in [1.165, 1.54) is 24.7 Å². The number of rotatable bonds is 3. The Hall–Kier alpha value is -3.23. The Morgan fingerprint density at radius 2 is 1.79 bits per heavy atom. The minimum atomic E-state index is -4.54. The number of hydrogen-bond donors (Lipinski definition) is 2. The molecule has 0 bridgehead atoms. The first kappa shape index (κ1) is 17.1. The van der Waals surface area contributed by atoms with Gasteiger partial charge in [0.25, 0.3) is 0 Å². The molecule has 0 atom stereocenters. The number of nitrogens with zero attached hydrogens (tertiary/aromatic N) is 2. The van der Waals surface area contributed by atoms with E-state index in [0.717, 1.165) is 18.2 Å². The summed E-state index contributed by atoms with van der Waals surface area (Å²) in [5.74, 6) is -2.25. The third-order valence-electron chi connectivity index (χ3n) is 2.74. The molecule has 124 valence electrons. The summed E-state index contributed by atoms with van der Waals surface area (Å²) in [5.41, 5.74) is 1.53. The van der Waals surface area contributed by atoms with Gasteiger partial charge in [-0.25, -0.2) is 5.43 Å². The average molecular weight is 336 g/mol. The third kappa shape index (κ3) is 4.90. The maximum absolute atomic E-state index is 12.6. The summed E-state index contributed by atoms with van der Waals surface area (Å²) in [6.45, 7) is 0. The highest BCUT2D eigenvalue weighted by Crippen LogP contribution is 2.30. The number of hydrazone groups is 1. The zero-order valence-electron chi connectivity index (χ0n) is 12.0. The van der Waals surface area contributed by atoms with Crippen molar-refractivity contribution in [3.63, 3.8) is 0 Å². The van der Waals surface area contributed by atoms with E-state index in [0.29, 0.717) is 5.56 Å². The molecule has 2 rings (SSSR count). The topological polar surface area (TPSA) is 83.5 Å². The Morgan fingerprint density at radius 3 is 2.46 bits per heavy atom. The van der Waals surface area contributed by atoms with Crippen molar-refractivity contribution in [1.82, 2.24) is 10.4 Å². The number of pyridine rings is 1. The van der Waals surface area contributed by atoms with Crippen LogP contribution in [0, 0.1) is 0 Å². The second-order valence-electron chi connectivity index (χ2n) is 4.51. The molecule has 0 spiro atoms. The lowest BCUT2D eigenvalue weighted by Crippen LogP contribution is -2.32. The van der Waals surface area contributed by atoms with Crippen LogP contribution in [0.15, 0.2) is 53.9 Å². The first-order valence-electron chi connectivity index (χ1n) is 6.58. The van der Waals surface area contributed by atoms with Gasteiger partial charge in [-0.3, -0.25) is 14.6 Å². The van der Waals surface area contributed by atoms with E-state index >= 15 is 0 Å². The molecular weight excluding hydrogens is 325 g/mol. The van der Waals surface area contributed by atoms with Gasteiger partial charge in [-0.1, -0.05) is 6.07 Å². The molecule has 2 N–H and O–H groups in total. The van der Waals surface area contributed by atoms with E-state index < -0.39 is 23.6 Å². The largest absolute Gasteiger partial charge is 0.416 e. The fraction of sp³-hybridized carbons (Fsp3) is 0.0667. The second-order valence-corrected chi connectivity index (χ2v) is 4.51. The predicted octanol–water partition coefficient (Wildman–Crippen LogP) is 2.19. The molecule has 0 aliphatic heterocycles. The molecule has 0 aliphatic rings. The van der Waals surface area contributed by atoms with Crippen LogP contribution in [0.1, 0.15) is 11.1 Å². The summed E-state index contributed by atoms with van der Waals surface area (Å²) < 4.78 is 37.7. The van der Waals surface area contributed by atoms with Gasteiger partial charge < -0.3 is 5.32 Å². The van der Waals surface area contributed by atoms with E-state index in [2.05, 4.69) is 15.4 Å². The number of aromatic nitrogens is 1. The van der Waals surface area contributed by atoms with Crippen molar-refractivity contribution in [2.75, 3.05) is 5.32 Å². The summed E-state index contributed by atoms with van der Waals surface area (Å²) in [5, 5.41) is 5.64. The van der Waals surface area contributed by atoms with Crippen molar-refractivity contribution in [2.24, 2.45) is 5.10 Å². The van der Waals surface area contributed by atoms with Gasteiger partial charge >= 0.3 is 18.0 Å². The van der Waals surface area contributed by atoms with E-state index in [-0.39, 0.29) is 5.69 Å². The van der Waals surface area contributed by atoms with Crippen molar-refractivity contribution in [2.45, 2.75) is 6.18 Å². The summed E-state index contributed by atoms with van der Waals surface area (Å²) >= 11 is 0. The van der Waals surface area contributed by atoms with Crippen LogP contribution in [0.2, 0.25) is 0 Å². The number of amides is 2. The molecule has 0 saturated heterocycles. The zero-order valence-corrected chi connectivity index (χ0v) is 12.0. The summed E-state index contributed by atoms with van der Waals surface area (Å²) in [6.07, 6.45) is -0.220. The Labute approximate surface area is 134 Å². The van der Waals surface area contributed by atoms with Crippen molar-refractivity contribution in [3.05, 3.63) is 59.9 Å². The third-order valence-corrected chi connectivity index (χ3v) is 2.74.